The topological polar surface area (TPSA) is 0 Å². The molecule has 0 bridgehead atoms. The summed E-state index contributed by atoms with van der Waals surface area (Å²) in [5.74, 6) is 0. The van der Waals surface area contributed by atoms with Gasteiger partial charge in [0.2, 0.25) is 0 Å². The average Bonchev–Trinajstić information content (AvgIpc) is 1.87. The van der Waals surface area contributed by atoms with Gasteiger partial charge in [0.1, 0.15) is 0 Å². The molecule has 0 heterocycles. The Bertz CT molecular complexity index is 129. The molecule has 1 atom stereocenters. The first-order valence-corrected chi connectivity index (χ1v) is 3.27. The van der Waals surface area contributed by atoms with Crippen molar-refractivity contribution in [1.29, 1.82) is 0 Å². The van der Waals surface area contributed by atoms with Crippen molar-refractivity contribution in [1.82, 2.24) is 0 Å². The first-order valence-electron chi connectivity index (χ1n) is 2.37. The van der Waals surface area contributed by atoms with Crippen molar-refractivity contribution >= 4 is 24.8 Å². The third-order valence-corrected chi connectivity index (χ3v) is 1.57. The molecule has 1 rings (SSSR count). The third-order valence-electron chi connectivity index (χ3n) is 1.01. The van der Waals surface area contributed by atoms with Gasteiger partial charge in [0.05, 0.1) is 0 Å². The average molecular weight is 200 g/mol. The fourth-order valence-corrected chi connectivity index (χ4v) is 1.21. The predicted octanol–water partition coefficient (Wildman–Crippen LogP) is 2.68. The summed E-state index contributed by atoms with van der Waals surface area (Å²) in [6.45, 7) is 2.12. The maximum atomic E-state index is 2.25. The van der Waals surface area contributed by atoms with Gasteiger partial charge < -0.3 is 0 Å². The normalized spacial score (nSPS) is 21.8. The first kappa shape index (κ1) is 12.5. The van der Waals surface area contributed by atoms with E-state index in [1.807, 2.05) is 0 Å². The second-order valence-electron chi connectivity index (χ2n) is 1.80. The van der Waals surface area contributed by atoms with E-state index < -0.39 is 0 Å². The van der Waals surface area contributed by atoms with Crippen LogP contribution in [0.2, 0.25) is 4.22 Å². The standard InChI is InChI=1S/C6H7.2ClH.Ti/c1-6-4-2-3-5-6;;;/h2-5H,1H3;2*1H;. The number of allylic oxidation sites excluding steroid dienone is 4. The fourth-order valence-electron chi connectivity index (χ4n) is 0.650. The van der Waals surface area contributed by atoms with E-state index in [1.165, 1.54) is 5.57 Å². The molecule has 1 unspecified atom stereocenters. The van der Waals surface area contributed by atoms with Crippen LogP contribution in [0.5, 0.6) is 0 Å². The summed E-state index contributed by atoms with van der Waals surface area (Å²) in [7, 11) is 0. The van der Waals surface area contributed by atoms with Gasteiger partial charge in [-0.15, -0.1) is 24.8 Å². The zero-order valence-electron chi connectivity index (χ0n) is 5.13. The molecule has 0 spiro atoms. The molecule has 0 fully saturated rings. The Morgan fingerprint density at radius 2 is 2.00 bits per heavy atom. The van der Waals surface area contributed by atoms with Gasteiger partial charge in [0, 0.05) is 0 Å². The number of hydrogen-bond acceptors (Lipinski definition) is 0. The molecule has 0 aromatic heterocycles. The summed E-state index contributed by atoms with van der Waals surface area (Å²) < 4.78 is 0.681. The molecule has 0 nitrogen and oxygen atoms in total. The van der Waals surface area contributed by atoms with Crippen LogP contribution in [0.15, 0.2) is 23.8 Å². The van der Waals surface area contributed by atoms with Crippen molar-refractivity contribution < 1.29 is 20.4 Å². The maximum Gasteiger partial charge on any atom is -0.147 e. The van der Waals surface area contributed by atoms with Crippen molar-refractivity contribution in [3.63, 3.8) is 0 Å². The molecule has 1 aliphatic carbocycles. The zero-order chi connectivity index (χ0) is 5.28. The Morgan fingerprint density at radius 3 is 2.11 bits per heavy atom. The molecule has 9 heavy (non-hydrogen) atoms. The number of hydrogen-bond donors (Lipinski definition) is 0. The van der Waals surface area contributed by atoms with Crippen molar-refractivity contribution in [2.75, 3.05) is 0 Å². The van der Waals surface area contributed by atoms with Crippen LogP contribution in [0.3, 0.4) is 0 Å². The third kappa shape index (κ3) is 4.21. The summed E-state index contributed by atoms with van der Waals surface area (Å²) in [4.78, 5) is 0. The summed E-state index contributed by atoms with van der Waals surface area (Å²) in [5.41, 5.74) is 1.40. The molecule has 1 aliphatic rings. The summed E-state index contributed by atoms with van der Waals surface area (Å²) in [6.07, 6.45) is 6.61. The van der Waals surface area contributed by atoms with E-state index in [4.69, 9.17) is 0 Å². The fraction of sp³-hybridized carbons (Fsp3) is 0.333. The van der Waals surface area contributed by atoms with E-state index in [-0.39, 0.29) is 24.8 Å². The SMILES string of the molecule is CC1=C[CH]([Ti])C=C1.Cl.Cl. The van der Waals surface area contributed by atoms with E-state index in [0.717, 1.165) is 0 Å². The van der Waals surface area contributed by atoms with Gasteiger partial charge in [-0.25, -0.2) is 0 Å². The van der Waals surface area contributed by atoms with Crippen LogP contribution in [-0.2, 0) is 20.4 Å². The molecule has 0 aromatic rings. The van der Waals surface area contributed by atoms with E-state index in [9.17, 15) is 0 Å². The minimum Gasteiger partial charge on any atom is -0.147 e. The van der Waals surface area contributed by atoms with Crippen LogP contribution in [0, 0.1) is 0 Å². The van der Waals surface area contributed by atoms with Gasteiger partial charge in [-0.3, -0.25) is 0 Å². The molecule has 0 N–H and O–H groups in total. The Balaban J connectivity index is 0. The molecular weight excluding hydrogens is 191 g/mol. The second-order valence-corrected chi connectivity index (χ2v) is 2.84. The number of rotatable bonds is 0. The second kappa shape index (κ2) is 5.55. The quantitative estimate of drug-likeness (QED) is 0.527. The van der Waals surface area contributed by atoms with Gasteiger partial charge >= 0.3 is 55.4 Å². The molecular formula is C6H9Cl2Ti. The van der Waals surface area contributed by atoms with Crippen molar-refractivity contribution in [3.05, 3.63) is 23.8 Å². The van der Waals surface area contributed by atoms with Crippen molar-refractivity contribution in [3.8, 4) is 0 Å². The summed E-state index contributed by atoms with van der Waals surface area (Å²) in [5, 5.41) is 0. The molecule has 0 aromatic carbocycles. The predicted molar refractivity (Wildman–Crippen MR) is 41.1 cm³/mol. The largest absolute Gasteiger partial charge is 0.147 e. The van der Waals surface area contributed by atoms with E-state index in [2.05, 4.69) is 45.6 Å². The molecule has 0 amide bonds. The minimum atomic E-state index is 0. The monoisotopic (exact) mass is 199 g/mol. The van der Waals surface area contributed by atoms with Crippen LogP contribution in [-0.4, -0.2) is 0 Å². The molecule has 3 heteroatoms. The van der Waals surface area contributed by atoms with Gasteiger partial charge in [0.25, 0.3) is 0 Å². The molecule has 0 saturated carbocycles. The van der Waals surface area contributed by atoms with E-state index in [0.29, 0.717) is 4.22 Å². The Kier molecular flexibility index (Phi) is 7.68. The zero-order valence-corrected chi connectivity index (χ0v) is 8.32. The van der Waals surface area contributed by atoms with Crippen LogP contribution in [0.4, 0.5) is 0 Å². The van der Waals surface area contributed by atoms with Crippen LogP contribution < -0.4 is 0 Å². The first-order chi connectivity index (χ1) is 3.29. The van der Waals surface area contributed by atoms with Crippen LogP contribution >= 0.6 is 24.8 Å². The Labute approximate surface area is 80.0 Å². The number of halogens is 2. The molecule has 51 valence electrons. The van der Waals surface area contributed by atoms with Gasteiger partial charge in [-0.05, 0) is 0 Å². The molecule has 0 radical (unpaired) electrons. The van der Waals surface area contributed by atoms with Gasteiger partial charge in [-0.2, -0.15) is 0 Å². The minimum absolute atomic E-state index is 0. The molecule has 0 aliphatic heterocycles. The Hall–Kier alpha value is 0.774. The van der Waals surface area contributed by atoms with Crippen LogP contribution in [0.1, 0.15) is 6.92 Å². The van der Waals surface area contributed by atoms with Gasteiger partial charge in [-0.1, -0.05) is 0 Å². The van der Waals surface area contributed by atoms with Gasteiger partial charge in [0.15, 0.2) is 0 Å². The summed E-state index contributed by atoms with van der Waals surface area (Å²) >= 11 is 2.19. The molecule has 0 saturated heterocycles. The maximum absolute atomic E-state index is 2.25. The van der Waals surface area contributed by atoms with Crippen LogP contribution in [0.25, 0.3) is 0 Å². The van der Waals surface area contributed by atoms with E-state index in [1.54, 1.807) is 0 Å². The summed E-state index contributed by atoms with van der Waals surface area (Å²) in [6, 6.07) is 0. The Morgan fingerprint density at radius 1 is 1.44 bits per heavy atom. The van der Waals surface area contributed by atoms with Crippen molar-refractivity contribution in [2.45, 2.75) is 11.1 Å². The van der Waals surface area contributed by atoms with Crippen molar-refractivity contribution in [2.24, 2.45) is 0 Å². The smallest absolute Gasteiger partial charge is 0.147 e. The van der Waals surface area contributed by atoms with E-state index >= 15 is 0 Å².